The van der Waals surface area contributed by atoms with Crippen molar-refractivity contribution in [1.82, 2.24) is 5.32 Å². The molecule has 0 radical (unpaired) electrons. The lowest BCUT2D eigenvalue weighted by Crippen LogP contribution is -2.48. The van der Waals surface area contributed by atoms with Crippen molar-refractivity contribution in [2.75, 3.05) is 13.1 Å². The van der Waals surface area contributed by atoms with E-state index in [2.05, 4.69) is 5.32 Å². The molecule has 0 aromatic heterocycles. The Morgan fingerprint density at radius 1 is 1.45 bits per heavy atom. The Balaban J connectivity index is 2.51. The average molecular weight is 165 g/mol. The van der Waals surface area contributed by atoms with Gasteiger partial charge in [0.05, 0.1) is 12.0 Å². The molecule has 1 fully saturated rings. The summed E-state index contributed by atoms with van der Waals surface area (Å²) in [6.07, 6.45) is -3.27. The summed E-state index contributed by atoms with van der Waals surface area (Å²) < 4.78 is 24.3. The summed E-state index contributed by atoms with van der Waals surface area (Å²) in [5, 5.41) is 12.1. The summed E-state index contributed by atoms with van der Waals surface area (Å²) in [5.41, 5.74) is 0. The third-order valence-electron chi connectivity index (χ3n) is 2.19. The van der Waals surface area contributed by atoms with Gasteiger partial charge in [0.2, 0.25) is 6.43 Å². The van der Waals surface area contributed by atoms with Crippen molar-refractivity contribution in [3.63, 3.8) is 0 Å². The van der Waals surface area contributed by atoms with Gasteiger partial charge in [-0.15, -0.1) is 0 Å². The van der Waals surface area contributed by atoms with Gasteiger partial charge in [0.15, 0.2) is 0 Å². The predicted octanol–water partition coefficient (Wildman–Crippen LogP) is 0.468. The van der Waals surface area contributed by atoms with Crippen LogP contribution in [-0.4, -0.2) is 30.7 Å². The molecule has 11 heavy (non-hydrogen) atoms. The van der Waals surface area contributed by atoms with E-state index in [9.17, 15) is 13.9 Å². The third-order valence-corrected chi connectivity index (χ3v) is 2.19. The lowest BCUT2D eigenvalue weighted by Gasteiger charge is -2.32. The van der Waals surface area contributed by atoms with E-state index in [0.717, 1.165) is 0 Å². The highest BCUT2D eigenvalue weighted by molar-refractivity contribution is 4.83. The second-order valence-electron chi connectivity index (χ2n) is 3.12. The molecule has 66 valence electrons. The van der Waals surface area contributed by atoms with Crippen molar-refractivity contribution in [3.8, 4) is 0 Å². The van der Waals surface area contributed by atoms with E-state index in [1.54, 1.807) is 6.92 Å². The summed E-state index contributed by atoms with van der Waals surface area (Å²) in [6.45, 7) is 2.62. The van der Waals surface area contributed by atoms with Crippen molar-refractivity contribution in [3.05, 3.63) is 0 Å². The van der Waals surface area contributed by atoms with Crippen LogP contribution < -0.4 is 5.32 Å². The third kappa shape index (κ3) is 1.87. The van der Waals surface area contributed by atoms with Crippen LogP contribution >= 0.6 is 0 Å². The molecule has 0 aromatic rings. The minimum atomic E-state index is -2.42. The quantitative estimate of drug-likeness (QED) is 0.592. The highest BCUT2D eigenvalue weighted by Gasteiger charge is 2.34. The number of piperidine rings is 1. The van der Waals surface area contributed by atoms with Crippen LogP contribution in [0.3, 0.4) is 0 Å². The molecule has 4 heteroatoms. The maximum atomic E-state index is 12.1. The fraction of sp³-hybridized carbons (Fsp3) is 1.00. The van der Waals surface area contributed by atoms with Gasteiger partial charge in [-0.2, -0.15) is 0 Å². The maximum Gasteiger partial charge on any atom is 0.245 e. The normalized spacial score (nSPS) is 39.5. The number of hydrogen-bond acceptors (Lipinski definition) is 2. The number of aliphatic hydroxyl groups excluding tert-OH is 1. The van der Waals surface area contributed by atoms with Crippen LogP contribution in [0.25, 0.3) is 0 Å². The molecule has 0 unspecified atom stereocenters. The van der Waals surface area contributed by atoms with Gasteiger partial charge in [-0.25, -0.2) is 8.78 Å². The van der Waals surface area contributed by atoms with Crippen molar-refractivity contribution >= 4 is 0 Å². The molecule has 0 aliphatic carbocycles. The summed E-state index contributed by atoms with van der Waals surface area (Å²) in [7, 11) is 0. The van der Waals surface area contributed by atoms with Crippen LogP contribution in [0.1, 0.15) is 6.92 Å². The van der Waals surface area contributed by atoms with E-state index in [0.29, 0.717) is 6.54 Å². The van der Waals surface area contributed by atoms with Crippen LogP contribution in [0.15, 0.2) is 0 Å². The van der Waals surface area contributed by atoms with Gasteiger partial charge in [0.25, 0.3) is 0 Å². The zero-order valence-electron chi connectivity index (χ0n) is 6.43. The Bertz CT molecular complexity index is 132. The van der Waals surface area contributed by atoms with Crippen molar-refractivity contribution in [2.45, 2.75) is 19.5 Å². The van der Waals surface area contributed by atoms with Gasteiger partial charge >= 0.3 is 0 Å². The van der Waals surface area contributed by atoms with E-state index in [-0.39, 0.29) is 12.5 Å². The second-order valence-corrected chi connectivity index (χ2v) is 3.12. The Morgan fingerprint density at radius 3 is 2.55 bits per heavy atom. The summed E-state index contributed by atoms with van der Waals surface area (Å²) in [6, 6.07) is 0. The zero-order valence-corrected chi connectivity index (χ0v) is 6.43. The Kier molecular flexibility index (Phi) is 2.78. The topological polar surface area (TPSA) is 32.3 Å². The zero-order chi connectivity index (χ0) is 8.43. The molecule has 2 nitrogen and oxygen atoms in total. The number of nitrogens with one attached hydrogen (secondary N) is 1. The molecule has 0 spiro atoms. The maximum absolute atomic E-state index is 12.1. The monoisotopic (exact) mass is 165 g/mol. The molecule has 0 bridgehead atoms. The fourth-order valence-electron chi connectivity index (χ4n) is 1.38. The fourth-order valence-corrected chi connectivity index (χ4v) is 1.38. The van der Waals surface area contributed by atoms with Gasteiger partial charge < -0.3 is 10.4 Å². The molecule has 3 atom stereocenters. The summed E-state index contributed by atoms with van der Waals surface area (Å²) in [4.78, 5) is 0. The first-order valence-electron chi connectivity index (χ1n) is 3.80. The van der Waals surface area contributed by atoms with Gasteiger partial charge in [0, 0.05) is 13.1 Å². The average Bonchev–Trinajstić information content (AvgIpc) is 1.94. The van der Waals surface area contributed by atoms with E-state index < -0.39 is 18.4 Å². The number of alkyl halides is 2. The van der Waals surface area contributed by atoms with E-state index >= 15 is 0 Å². The standard InChI is InChI=1S/C7H13F2NO/c1-4-2-10-3-5(6(4)11)7(8)9/h4-7,10-11H,2-3H2,1H3/t4-,5+,6+/m1/s1. The van der Waals surface area contributed by atoms with Gasteiger partial charge in [-0.05, 0) is 5.92 Å². The lowest BCUT2D eigenvalue weighted by molar-refractivity contribution is -0.0461. The number of aliphatic hydroxyl groups is 1. The van der Waals surface area contributed by atoms with Crippen LogP contribution in [0, 0.1) is 11.8 Å². The Labute approximate surface area is 64.6 Å². The van der Waals surface area contributed by atoms with Crippen molar-refractivity contribution in [2.24, 2.45) is 11.8 Å². The van der Waals surface area contributed by atoms with E-state index in [1.165, 1.54) is 0 Å². The molecular formula is C7H13F2NO. The molecule has 1 aliphatic rings. The molecule has 1 aliphatic heterocycles. The SMILES string of the molecule is C[C@@H]1CNC[C@H](C(F)F)[C@H]1O. The van der Waals surface area contributed by atoms with Crippen LogP contribution in [0.5, 0.6) is 0 Å². The first kappa shape index (κ1) is 8.87. The molecule has 1 heterocycles. The van der Waals surface area contributed by atoms with Crippen molar-refractivity contribution in [1.29, 1.82) is 0 Å². The minimum absolute atomic E-state index is 0.0669. The predicted molar refractivity (Wildman–Crippen MR) is 37.5 cm³/mol. The number of hydrogen-bond donors (Lipinski definition) is 2. The van der Waals surface area contributed by atoms with E-state index in [4.69, 9.17) is 0 Å². The van der Waals surface area contributed by atoms with Crippen LogP contribution in [0.4, 0.5) is 8.78 Å². The molecule has 0 aromatic carbocycles. The molecule has 2 N–H and O–H groups in total. The molecule has 0 saturated carbocycles. The van der Waals surface area contributed by atoms with Gasteiger partial charge in [0.1, 0.15) is 0 Å². The largest absolute Gasteiger partial charge is 0.392 e. The van der Waals surface area contributed by atoms with Gasteiger partial charge in [-0.1, -0.05) is 6.92 Å². The number of rotatable bonds is 1. The van der Waals surface area contributed by atoms with Crippen molar-refractivity contribution < 1.29 is 13.9 Å². The molecule has 1 saturated heterocycles. The molecule has 0 amide bonds. The first-order chi connectivity index (χ1) is 5.13. The second kappa shape index (κ2) is 3.45. The summed E-state index contributed by atoms with van der Waals surface area (Å²) >= 11 is 0. The highest BCUT2D eigenvalue weighted by Crippen LogP contribution is 2.22. The number of halogens is 2. The molecule has 1 rings (SSSR count). The first-order valence-corrected chi connectivity index (χ1v) is 3.80. The summed E-state index contributed by atoms with van der Waals surface area (Å²) in [5.74, 6) is -0.957. The Hall–Kier alpha value is -0.220. The van der Waals surface area contributed by atoms with Crippen LogP contribution in [0.2, 0.25) is 0 Å². The van der Waals surface area contributed by atoms with Crippen LogP contribution in [-0.2, 0) is 0 Å². The molecular weight excluding hydrogens is 152 g/mol. The smallest absolute Gasteiger partial charge is 0.245 e. The Morgan fingerprint density at radius 2 is 2.09 bits per heavy atom. The van der Waals surface area contributed by atoms with E-state index in [1.807, 2.05) is 0 Å². The minimum Gasteiger partial charge on any atom is -0.392 e. The van der Waals surface area contributed by atoms with Gasteiger partial charge in [-0.3, -0.25) is 0 Å². The highest BCUT2D eigenvalue weighted by atomic mass is 19.3. The lowest BCUT2D eigenvalue weighted by atomic mass is 9.89.